The van der Waals surface area contributed by atoms with Crippen molar-refractivity contribution in [3.05, 3.63) is 39.8 Å². The number of unbranched alkanes of at least 4 members (excludes halogenated alkanes) is 3. The highest BCUT2D eigenvalue weighted by molar-refractivity contribution is 8.04. The molecule has 0 fully saturated rings. The first kappa shape index (κ1) is 18.8. The van der Waals surface area contributed by atoms with Gasteiger partial charge in [-0.2, -0.15) is 0 Å². The second-order valence-electron chi connectivity index (χ2n) is 6.26. The third-order valence-corrected chi connectivity index (χ3v) is 5.40. The van der Waals surface area contributed by atoms with E-state index in [2.05, 4.69) is 13.8 Å². The number of imide groups is 1. The summed E-state index contributed by atoms with van der Waals surface area (Å²) in [7, 11) is 0. The lowest BCUT2D eigenvalue weighted by Crippen LogP contribution is -2.32. The van der Waals surface area contributed by atoms with Crippen molar-refractivity contribution in [2.45, 2.75) is 53.4 Å². The second-order valence-corrected chi connectivity index (χ2v) is 7.53. The molecule has 0 saturated carbocycles. The molecule has 2 amide bonds. The van der Waals surface area contributed by atoms with Gasteiger partial charge >= 0.3 is 0 Å². The molecule has 24 heavy (non-hydrogen) atoms. The lowest BCUT2D eigenvalue weighted by atomic mass is 10.0. The molecule has 2 rings (SSSR count). The maximum Gasteiger partial charge on any atom is 0.267 e. The van der Waals surface area contributed by atoms with Crippen LogP contribution in [0, 0.1) is 13.8 Å². The molecule has 1 aliphatic rings. The number of nitrogens with zero attached hydrogens (tertiary/aromatic N) is 1. The highest BCUT2D eigenvalue weighted by Crippen LogP contribution is 2.36. The van der Waals surface area contributed by atoms with E-state index in [1.807, 2.05) is 32.0 Å². The SMILES string of the molecule is CCCCCCN1C(=O)C(SCC)=C(c2ccc(C)c(C)c2)C1=O. The van der Waals surface area contributed by atoms with Gasteiger partial charge in [0.25, 0.3) is 11.8 Å². The summed E-state index contributed by atoms with van der Waals surface area (Å²) in [4.78, 5) is 27.7. The predicted molar refractivity (Wildman–Crippen MR) is 102 cm³/mol. The number of hydrogen-bond acceptors (Lipinski definition) is 3. The highest BCUT2D eigenvalue weighted by Gasteiger charge is 2.38. The molecule has 4 heteroatoms. The van der Waals surface area contributed by atoms with Gasteiger partial charge in [-0.25, -0.2) is 0 Å². The van der Waals surface area contributed by atoms with Gasteiger partial charge < -0.3 is 0 Å². The van der Waals surface area contributed by atoms with E-state index < -0.39 is 0 Å². The molecule has 0 atom stereocenters. The summed E-state index contributed by atoms with van der Waals surface area (Å²) in [6.07, 6.45) is 4.23. The summed E-state index contributed by atoms with van der Waals surface area (Å²) in [6.45, 7) is 8.78. The van der Waals surface area contributed by atoms with Gasteiger partial charge in [0.2, 0.25) is 0 Å². The Balaban J connectivity index is 2.29. The van der Waals surface area contributed by atoms with Crippen LogP contribution in [0.2, 0.25) is 0 Å². The molecule has 1 heterocycles. The van der Waals surface area contributed by atoms with Crippen LogP contribution in [-0.2, 0) is 9.59 Å². The van der Waals surface area contributed by atoms with Crippen molar-refractivity contribution in [3.63, 3.8) is 0 Å². The number of rotatable bonds is 8. The standard InChI is InChI=1S/C20H27NO2S/c1-5-7-8-9-12-21-19(22)17(18(20(21)23)24-6-2)16-11-10-14(3)15(4)13-16/h10-11,13H,5-9,12H2,1-4H3. The normalized spacial score (nSPS) is 14.9. The summed E-state index contributed by atoms with van der Waals surface area (Å²) in [5.41, 5.74) is 3.79. The number of benzene rings is 1. The smallest absolute Gasteiger partial charge is 0.267 e. The first-order valence-corrected chi connectivity index (χ1v) is 9.80. The summed E-state index contributed by atoms with van der Waals surface area (Å²) < 4.78 is 0. The number of amides is 2. The van der Waals surface area contributed by atoms with Crippen molar-refractivity contribution < 1.29 is 9.59 Å². The summed E-state index contributed by atoms with van der Waals surface area (Å²) in [5.74, 6) is 0.541. The minimum atomic E-state index is -0.129. The lowest BCUT2D eigenvalue weighted by Gasteiger charge is -2.15. The topological polar surface area (TPSA) is 37.4 Å². The Morgan fingerprint density at radius 1 is 0.958 bits per heavy atom. The molecule has 0 N–H and O–H groups in total. The van der Waals surface area contributed by atoms with Gasteiger partial charge in [-0.1, -0.05) is 51.3 Å². The molecular weight excluding hydrogens is 318 g/mol. The Labute approximate surface area is 149 Å². The lowest BCUT2D eigenvalue weighted by molar-refractivity contribution is -0.136. The highest BCUT2D eigenvalue weighted by atomic mass is 32.2. The van der Waals surface area contributed by atoms with Crippen molar-refractivity contribution in [2.24, 2.45) is 0 Å². The fourth-order valence-electron chi connectivity index (χ4n) is 2.88. The second kappa shape index (κ2) is 8.52. The Hall–Kier alpha value is -1.55. The Bertz CT molecular complexity index is 664. The predicted octanol–water partition coefficient (Wildman–Crippen LogP) is 4.72. The van der Waals surface area contributed by atoms with E-state index in [0.717, 1.165) is 42.6 Å². The van der Waals surface area contributed by atoms with E-state index >= 15 is 0 Å². The molecule has 0 radical (unpaired) electrons. The molecule has 0 saturated heterocycles. The molecule has 0 aromatic heterocycles. The van der Waals surface area contributed by atoms with Crippen LogP contribution in [0.15, 0.2) is 23.1 Å². The number of aryl methyl sites for hydroxylation is 2. The van der Waals surface area contributed by atoms with Crippen LogP contribution < -0.4 is 0 Å². The molecule has 1 aromatic carbocycles. The third-order valence-electron chi connectivity index (χ3n) is 4.45. The summed E-state index contributed by atoms with van der Waals surface area (Å²) >= 11 is 1.48. The molecule has 1 aromatic rings. The Morgan fingerprint density at radius 2 is 1.71 bits per heavy atom. The van der Waals surface area contributed by atoms with Crippen LogP contribution in [0.5, 0.6) is 0 Å². The zero-order valence-corrected chi connectivity index (χ0v) is 16.0. The third kappa shape index (κ3) is 3.92. The van der Waals surface area contributed by atoms with E-state index in [0.29, 0.717) is 17.0 Å². The summed E-state index contributed by atoms with van der Waals surface area (Å²) in [5, 5.41) is 0. The van der Waals surface area contributed by atoms with Gasteiger partial charge in [-0.15, -0.1) is 11.8 Å². The van der Waals surface area contributed by atoms with Gasteiger partial charge in [-0.05, 0) is 42.7 Å². The van der Waals surface area contributed by atoms with E-state index in [9.17, 15) is 9.59 Å². The van der Waals surface area contributed by atoms with Crippen LogP contribution in [-0.4, -0.2) is 29.0 Å². The van der Waals surface area contributed by atoms with Crippen LogP contribution in [0.1, 0.15) is 56.2 Å². The number of hydrogen-bond donors (Lipinski definition) is 0. The molecule has 0 bridgehead atoms. The average molecular weight is 346 g/mol. The zero-order valence-electron chi connectivity index (χ0n) is 15.1. The van der Waals surface area contributed by atoms with Crippen LogP contribution >= 0.6 is 11.8 Å². The minimum absolute atomic E-state index is 0.114. The van der Waals surface area contributed by atoms with Crippen molar-refractivity contribution in [1.82, 2.24) is 4.90 Å². The van der Waals surface area contributed by atoms with E-state index in [1.165, 1.54) is 22.2 Å². The minimum Gasteiger partial charge on any atom is -0.274 e. The van der Waals surface area contributed by atoms with Crippen LogP contribution in [0.4, 0.5) is 0 Å². The van der Waals surface area contributed by atoms with Crippen molar-refractivity contribution in [3.8, 4) is 0 Å². The summed E-state index contributed by atoms with van der Waals surface area (Å²) in [6, 6.07) is 6.00. The number of thioether (sulfide) groups is 1. The van der Waals surface area contributed by atoms with Gasteiger partial charge in [0.05, 0.1) is 10.5 Å². The van der Waals surface area contributed by atoms with E-state index in [1.54, 1.807) is 0 Å². The average Bonchev–Trinajstić information content (AvgIpc) is 2.79. The monoisotopic (exact) mass is 345 g/mol. The molecular formula is C20H27NO2S. The number of carbonyl (C=O) groups excluding carboxylic acids is 2. The molecule has 130 valence electrons. The molecule has 0 spiro atoms. The Morgan fingerprint density at radius 3 is 2.33 bits per heavy atom. The van der Waals surface area contributed by atoms with E-state index in [-0.39, 0.29) is 11.8 Å². The quantitative estimate of drug-likeness (QED) is 0.505. The molecule has 0 unspecified atom stereocenters. The van der Waals surface area contributed by atoms with Crippen LogP contribution in [0.3, 0.4) is 0 Å². The van der Waals surface area contributed by atoms with Crippen molar-refractivity contribution in [2.75, 3.05) is 12.3 Å². The maximum atomic E-state index is 12.9. The first-order chi connectivity index (χ1) is 11.5. The Kier molecular flexibility index (Phi) is 6.67. The fraction of sp³-hybridized carbons (Fsp3) is 0.500. The molecule has 1 aliphatic heterocycles. The van der Waals surface area contributed by atoms with Gasteiger partial charge in [-0.3, -0.25) is 14.5 Å². The van der Waals surface area contributed by atoms with Gasteiger partial charge in [0, 0.05) is 6.54 Å². The maximum absolute atomic E-state index is 12.9. The zero-order chi connectivity index (χ0) is 17.7. The fourth-order valence-corrected chi connectivity index (χ4v) is 3.76. The largest absolute Gasteiger partial charge is 0.274 e. The first-order valence-electron chi connectivity index (χ1n) is 8.82. The van der Waals surface area contributed by atoms with Gasteiger partial charge in [0.1, 0.15) is 0 Å². The van der Waals surface area contributed by atoms with Crippen molar-refractivity contribution >= 4 is 29.1 Å². The molecule has 0 aliphatic carbocycles. The van der Waals surface area contributed by atoms with Crippen LogP contribution in [0.25, 0.3) is 5.57 Å². The number of carbonyl (C=O) groups is 2. The van der Waals surface area contributed by atoms with Gasteiger partial charge in [0.15, 0.2) is 0 Å². The van der Waals surface area contributed by atoms with E-state index in [4.69, 9.17) is 0 Å². The van der Waals surface area contributed by atoms with Crippen molar-refractivity contribution in [1.29, 1.82) is 0 Å². The molecule has 3 nitrogen and oxygen atoms in total.